The number of pyridine rings is 1. The van der Waals surface area contributed by atoms with Gasteiger partial charge in [-0.05, 0) is 12.0 Å². The predicted octanol–water partition coefficient (Wildman–Crippen LogP) is 2.30. The number of methoxy groups -OCH3 is 1. The zero-order valence-electron chi connectivity index (χ0n) is 12.6. The fourth-order valence-electron chi connectivity index (χ4n) is 1.99. The van der Waals surface area contributed by atoms with Crippen LogP contribution >= 0.6 is 0 Å². The van der Waals surface area contributed by atoms with E-state index in [1.54, 1.807) is 7.11 Å². The van der Waals surface area contributed by atoms with E-state index in [1.165, 1.54) is 12.0 Å². The Morgan fingerprint density at radius 3 is 2.95 bits per heavy atom. The van der Waals surface area contributed by atoms with E-state index in [2.05, 4.69) is 42.2 Å². The van der Waals surface area contributed by atoms with Gasteiger partial charge in [0.2, 0.25) is 0 Å². The maximum atomic E-state index is 5.04. The molecule has 1 N–H and O–H groups in total. The second-order valence-electron chi connectivity index (χ2n) is 5.05. The topological polar surface area (TPSA) is 37.4 Å². The van der Waals surface area contributed by atoms with E-state index < -0.39 is 0 Å². The van der Waals surface area contributed by atoms with Gasteiger partial charge in [-0.25, -0.2) is 4.98 Å². The molecule has 0 radical (unpaired) electrons. The van der Waals surface area contributed by atoms with Gasteiger partial charge < -0.3 is 15.0 Å². The Balaban J connectivity index is 2.61. The molecule has 0 aliphatic rings. The highest BCUT2D eigenvalue weighted by Crippen LogP contribution is 2.17. The highest BCUT2D eigenvalue weighted by atomic mass is 16.5. The summed E-state index contributed by atoms with van der Waals surface area (Å²) in [5, 5.41) is 3.37. The second kappa shape index (κ2) is 8.88. The summed E-state index contributed by atoms with van der Waals surface area (Å²) in [4.78, 5) is 6.77. The number of ether oxygens (including phenoxy) is 1. The van der Waals surface area contributed by atoms with Crippen LogP contribution < -0.4 is 10.2 Å². The van der Waals surface area contributed by atoms with Crippen molar-refractivity contribution >= 4 is 5.82 Å². The lowest BCUT2D eigenvalue weighted by molar-refractivity contribution is 0.199. The second-order valence-corrected chi connectivity index (χ2v) is 5.05. The van der Waals surface area contributed by atoms with Crippen LogP contribution in [-0.2, 0) is 11.3 Å². The van der Waals surface area contributed by atoms with Crippen molar-refractivity contribution in [1.82, 2.24) is 10.3 Å². The summed E-state index contributed by atoms with van der Waals surface area (Å²) >= 11 is 0. The quantitative estimate of drug-likeness (QED) is 0.695. The lowest BCUT2D eigenvalue weighted by Crippen LogP contribution is -2.27. The van der Waals surface area contributed by atoms with Gasteiger partial charge in [0, 0.05) is 45.6 Å². The maximum Gasteiger partial charge on any atom is 0.132 e. The highest BCUT2D eigenvalue weighted by Gasteiger charge is 2.10. The lowest BCUT2D eigenvalue weighted by Gasteiger charge is -2.24. The SMILES string of the molecule is CCC(C)CN(C)c1ncccc1CNCCOC. The van der Waals surface area contributed by atoms with Crippen molar-refractivity contribution in [2.45, 2.75) is 26.8 Å². The fraction of sp³-hybridized carbons (Fsp3) is 0.667. The van der Waals surface area contributed by atoms with Crippen LogP contribution in [0.2, 0.25) is 0 Å². The van der Waals surface area contributed by atoms with Crippen LogP contribution in [0.25, 0.3) is 0 Å². The van der Waals surface area contributed by atoms with Crippen LogP contribution in [0.4, 0.5) is 5.82 Å². The molecule has 1 aromatic heterocycles. The molecular weight excluding hydrogens is 238 g/mol. The van der Waals surface area contributed by atoms with E-state index in [0.29, 0.717) is 5.92 Å². The van der Waals surface area contributed by atoms with Gasteiger partial charge in [-0.3, -0.25) is 0 Å². The van der Waals surface area contributed by atoms with E-state index in [1.807, 2.05) is 12.3 Å². The molecular formula is C15H27N3O. The van der Waals surface area contributed by atoms with Crippen molar-refractivity contribution in [2.75, 3.05) is 38.8 Å². The largest absolute Gasteiger partial charge is 0.383 e. The van der Waals surface area contributed by atoms with Crippen molar-refractivity contribution in [3.8, 4) is 0 Å². The molecule has 0 aromatic carbocycles. The van der Waals surface area contributed by atoms with Crippen LogP contribution in [0.15, 0.2) is 18.3 Å². The number of nitrogens with one attached hydrogen (secondary N) is 1. The lowest BCUT2D eigenvalue weighted by atomic mass is 10.1. The highest BCUT2D eigenvalue weighted by molar-refractivity contribution is 5.45. The summed E-state index contributed by atoms with van der Waals surface area (Å²) in [6, 6.07) is 4.13. The molecule has 0 fully saturated rings. The molecule has 0 saturated carbocycles. The molecule has 0 spiro atoms. The summed E-state index contributed by atoms with van der Waals surface area (Å²) in [6.07, 6.45) is 3.06. The molecule has 1 aromatic rings. The number of hydrogen-bond donors (Lipinski definition) is 1. The molecule has 0 bridgehead atoms. The van der Waals surface area contributed by atoms with Crippen LogP contribution in [0, 0.1) is 5.92 Å². The molecule has 0 aliphatic heterocycles. The molecule has 19 heavy (non-hydrogen) atoms. The monoisotopic (exact) mass is 265 g/mol. The molecule has 1 atom stereocenters. The van der Waals surface area contributed by atoms with E-state index in [0.717, 1.165) is 32.1 Å². The minimum Gasteiger partial charge on any atom is -0.383 e. The normalized spacial score (nSPS) is 12.4. The average Bonchev–Trinajstić information content (AvgIpc) is 2.43. The van der Waals surface area contributed by atoms with E-state index in [4.69, 9.17) is 4.74 Å². The Morgan fingerprint density at radius 2 is 2.26 bits per heavy atom. The third-order valence-corrected chi connectivity index (χ3v) is 3.31. The molecule has 4 nitrogen and oxygen atoms in total. The Kier molecular flexibility index (Phi) is 7.45. The molecule has 1 heterocycles. The molecule has 4 heteroatoms. The van der Waals surface area contributed by atoms with Crippen molar-refractivity contribution in [3.05, 3.63) is 23.9 Å². The van der Waals surface area contributed by atoms with Gasteiger partial charge in [-0.2, -0.15) is 0 Å². The molecule has 1 unspecified atom stereocenters. The summed E-state index contributed by atoms with van der Waals surface area (Å²) < 4.78 is 5.04. The molecule has 0 saturated heterocycles. The van der Waals surface area contributed by atoms with Crippen molar-refractivity contribution in [3.63, 3.8) is 0 Å². The number of aromatic nitrogens is 1. The molecule has 0 amide bonds. The Labute approximate surface area is 117 Å². The van der Waals surface area contributed by atoms with Crippen LogP contribution in [0.5, 0.6) is 0 Å². The minimum atomic E-state index is 0.682. The van der Waals surface area contributed by atoms with Gasteiger partial charge in [-0.15, -0.1) is 0 Å². The van der Waals surface area contributed by atoms with E-state index in [9.17, 15) is 0 Å². The Bertz CT molecular complexity index is 357. The molecule has 108 valence electrons. The maximum absolute atomic E-state index is 5.04. The van der Waals surface area contributed by atoms with Crippen molar-refractivity contribution in [2.24, 2.45) is 5.92 Å². The zero-order chi connectivity index (χ0) is 14.1. The third kappa shape index (κ3) is 5.57. The standard InChI is InChI=1S/C15H27N3O/c1-5-13(2)12-18(3)15-14(7-6-8-17-15)11-16-9-10-19-4/h6-8,13,16H,5,9-12H2,1-4H3. The number of nitrogens with zero attached hydrogens (tertiary/aromatic N) is 2. The third-order valence-electron chi connectivity index (χ3n) is 3.31. The van der Waals surface area contributed by atoms with Crippen molar-refractivity contribution in [1.29, 1.82) is 0 Å². The van der Waals surface area contributed by atoms with E-state index in [-0.39, 0.29) is 0 Å². The molecule has 1 rings (SSSR count). The first-order valence-electron chi connectivity index (χ1n) is 7.03. The summed E-state index contributed by atoms with van der Waals surface area (Å²) in [5.41, 5.74) is 1.24. The van der Waals surface area contributed by atoms with Gasteiger partial charge in [0.25, 0.3) is 0 Å². The van der Waals surface area contributed by atoms with Gasteiger partial charge >= 0.3 is 0 Å². The summed E-state index contributed by atoms with van der Waals surface area (Å²) in [6.45, 7) is 7.97. The summed E-state index contributed by atoms with van der Waals surface area (Å²) in [7, 11) is 3.84. The molecule has 0 aliphatic carbocycles. The van der Waals surface area contributed by atoms with Gasteiger partial charge in [0.05, 0.1) is 6.61 Å². The first-order valence-corrected chi connectivity index (χ1v) is 7.03. The average molecular weight is 265 g/mol. The Hall–Kier alpha value is -1.13. The minimum absolute atomic E-state index is 0.682. The van der Waals surface area contributed by atoms with Gasteiger partial charge in [-0.1, -0.05) is 26.3 Å². The van der Waals surface area contributed by atoms with E-state index >= 15 is 0 Å². The zero-order valence-corrected chi connectivity index (χ0v) is 12.6. The van der Waals surface area contributed by atoms with Crippen LogP contribution in [-0.4, -0.2) is 38.8 Å². The number of hydrogen-bond acceptors (Lipinski definition) is 4. The first kappa shape index (κ1) is 15.9. The smallest absolute Gasteiger partial charge is 0.132 e. The van der Waals surface area contributed by atoms with Gasteiger partial charge in [0.1, 0.15) is 5.82 Å². The van der Waals surface area contributed by atoms with Crippen molar-refractivity contribution < 1.29 is 4.74 Å². The Morgan fingerprint density at radius 1 is 1.47 bits per heavy atom. The first-order chi connectivity index (χ1) is 9.19. The predicted molar refractivity (Wildman–Crippen MR) is 80.5 cm³/mol. The van der Waals surface area contributed by atoms with Crippen LogP contribution in [0.1, 0.15) is 25.8 Å². The fourth-order valence-corrected chi connectivity index (χ4v) is 1.99. The summed E-state index contributed by atoms with van der Waals surface area (Å²) in [5.74, 6) is 1.76. The van der Waals surface area contributed by atoms with Gasteiger partial charge in [0.15, 0.2) is 0 Å². The number of rotatable bonds is 9. The number of anilines is 1. The van der Waals surface area contributed by atoms with Crippen LogP contribution in [0.3, 0.4) is 0 Å².